The van der Waals surface area contributed by atoms with E-state index in [1.165, 1.54) is 297 Å². The van der Waals surface area contributed by atoms with Crippen molar-refractivity contribution < 1.29 is 4.79 Å². The summed E-state index contributed by atoms with van der Waals surface area (Å²) in [5.41, 5.74) is 10.7. The van der Waals surface area contributed by atoms with Gasteiger partial charge in [0.1, 0.15) is 0 Å². The molecule has 5 unspecified atom stereocenters. The molecule has 0 N–H and O–H groups in total. The van der Waals surface area contributed by atoms with Crippen LogP contribution in [0.25, 0.3) is 129 Å². The molecule has 0 aliphatic rings. The fourth-order valence-corrected chi connectivity index (χ4v) is 20.1. The number of benzene rings is 14. The van der Waals surface area contributed by atoms with E-state index in [1.807, 2.05) is 0 Å². The van der Waals surface area contributed by atoms with Crippen LogP contribution in [0.1, 0.15) is 284 Å². The molecule has 14 rings (SSSR count). The monoisotopic (exact) mass is 1410 g/mol. The van der Waals surface area contributed by atoms with Crippen molar-refractivity contribution in [2.24, 2.45) is 59.2 Å². The number of hydrogen-bond donors (Lipinski definition) is 0. The minimum Gasteiger partial charge on any atom is -0.288 e. The highest BCUT2D eigenvalue weighted by Gasteiger charge is 2.33. The zero-order chi connectivity index (χ0) is 73.6. The Labute approximate surface area is 636 Å². The molecular weight excluding hydrogens is 1290 g/mol. The van der Waals surface area contributed by atoms with E-state index in [0.717, 1.165) is 78.4 Å². The molecule has 105 heavy (non-hydrogen) atoms. The summed E-state index contributed by atoms with van der Waals surface area (Å²) in [6.07, 6.45) is 30.9. The average Bonchev–Trinajstić information content (AvgIpc) is 0.643. The maximum atomic E-state index is 12.1. The van der Waals surface area contributed by atoms with Gasteiger partial charge in [-0.1, -0.05) is 297 Å². The molecule has 0 saturated heterocycles. The summed E-state index contributed by atoms with van der Waals surface area (Å²) in [6, 6.07) is 41.2. The second-order valence-electron chi connectivity index (χ2n) is 37.1. The molecule has 0 spiro atoms. The summed E-state index contributed by atoms with van der Waals surface area (Å²) in [4.78, 5) is 12.1. The van der Waals surface area contributed by atoms with E-state index in [0.29, 0.717) is 35.3 Å². The molecule has 0 heterocycles. The third-order valence-electron chi connectivity index (χ3n) is 25.6. The topological polar surface area (TPSA) is 17.1 Å². The standard InChI is InChI=1S/C103H126OS/c1-61(2)22-17-27-66(11)32-37-74-48-80-82-50-75(38-33-67(12)28-18-23-62(3)4)52-84-86-54-77(40-35-69(14)30-20-25-64(7)8)56-88-90-58-79(47-44-72-42-45-73(46-43-72)60-105-71(16)104)59-91-89-57-78(41-36-70(15)31-21-26-65(9)10)55-87-85-53-76(39-34-68(13)29-19-24-63(5)6)51-83-81(49-74)92(80)98-99(93(82)84)101(95(86)88)103(97(90)91)102(96(87)89)100(98)94(83)85/h42-43,45-46,48-59,61-70H,17-41,60H2,1-16H3. The maximum absolute atomic E-state index is 12.1. The van der Waals surface area contributed by atoms with Crippen molar-refractivity contribution in [3.8, 4) is 11.8 Å². The quantitative estimate of drug-likeness (QED) is 0.0219. The molecule has 0 fully saturated rings. The lowest BCUT2D eigenvalue weighted by Crippen LogP contribution is -2.04. The lowest BCUT2D eigenvalue weighted by Gasteiger charge is -2.30. The molecule has 550 valence electrons. The normalized spacial score (nSPS) is 14.4. The predicted octanol–water partition coefficient (Wildman–Crippen LogP) is 31.3. The molecule has 14 aromatic rings. The Bertz CT molecular complexity index is 5080. The molecule has 0 bridgehead atoms. The Hall–Kier alpha value is -6.66. The molecular formula is C103H126OS. The smallest absolute Gasteiger partial charge is 0.186 e. The largest absolute Gasteiger partial charge is 0.288 e. The number of fused-ring (bicyclic) bond motifs is 6. The van der Waals surface area contributed by atoms with E-state index in [-0.39, 0.29) is 5.12 Å². The van der Waals surface area contributed by atoms with Gasteiger partial charge in [0.05, 0.1) is 0 Å². The van der Waals surface area contributed by atoms with Gasteiger partial charge in [0.15, 0.2) is 5.12 Å². The second-order valence-corrected chi connectivity index (χ2v) is 38.2. The summed E-state index contributed by atoms with van der Waals surface area (Å²) in [5.74, 6) is 15.3. The van der Waals surface area contributed by atoms with Crippen molar-refractivity contribution in [2.45, 2.75) is 277 Å². The minimum absolute atomic E-state index is 0.149. The van der Waals surface area contributed by atoms with Gasteiger partial charge in [0, 0.05) is 23.8 Å². The predicted molar refractivity (Wildman–Crippen MR) is 469 cm³/mol. The average molecular weight is 1410 g/mol. The summed E-state index contributed by atoms with van der Waals surface area (Å²) in [5, 5.41) is 35.4. The molecule has 0 aromatic heterocycles. The third kappa shape index (κ3) is 15.8. The van der Waals surface area contributed by atoms with E-state index in [2.05, 4.69) is 213 Å². The first-order valence-electron chi connectivity index (χ1n) is 42.6. The molecule has 14 aromatic carbocycles. The fourth-order valence-electron chi connectivity index (χ4n) is 19.5. The van der Waals surface area contributed by atoms with Gasteiger partial charge in [0.25, 0.3) is 0 Å². The maximum Gasteiger partial charge on any atom is 0.186 e. The Morgan fingerprint density at radius 2 is 0.467 bits per heavy atom. The highest BCUT2D eigenvalue weighted by Crippen LogP contribution is 2.61. The van der Waals surface area contributed by atoms with Gasteiger partial charge >= 0.3 is 0 Å². The minimum atomic E-state index is 0.149. The van der Waals surface area contributed by atoms with Gasteiger partial charge in [-0.25, -0.2) is 0 Å². The van der Waals surface area contributed by atoms with Crippen LogP contribution in [-0.2, 0) is 42.7 Å². The van der Waals surface area contributed by atoms with Gasteiger partial charge in [-0.05, 0) is 310 Å². The van der Waals surface area contributed by atoms with Crippen LogP contribution in [-0.4, -0.2) is 5.12 Å². The number of carbonyl (C=O) groups is 1. The molecule has 0 aliphatic carbocycles. The first kappa shape index (κ1) is 75.2. The summed E-state index contributed by atoms with van der Waals surface area (Å²) in [7, 11) is 0. The van der Waals surface area contributed by atoms with Gasteiger partial charge in [0.2, 0.25) is 0 Å². The van der Waals surface area contributed by atoms with Crippen LogP contribution >= 0.6 is 11.8 Å². The van der Waals surface area contributed by atoms with Gasteiger partial charge in [-0.3, -0.25) is 4.79 Å². The zero-order valence-electron chi connectivity index (χ0n) is 67.7. The Balaban J connectivity index is 1.12. The highest BCUT2D eigenvalue weighted by molar-refractivity contribution is 8.12. The Morgan fingerprint density at radius 1 is 0.257 bits per heavy atom. The summed E-state index contributed by atoms with van der Waals surface area (Å²) >= 11 is 1.38. The SMILES string of the molecule is CC(=O)SCc1ccc(C#Cc2cc3c4cc(CCC(C)CCCC(C)C)cc5c6cc(CCC(C)CCCC(C)C)cc7c8cc(CCC(C)CCCC(C)C)cc9c%10cc(CCC(C)CCCC(C)C)cc%11c%12cc(CCC(C)CCCC(C)C)cc%13c(c2)c3c2c(c45)c(c67)c(c89)c(c%11%10)c2c%13%12)cc1. The van der Waals surface area contributed by atoms with E-state index in [1.54, 1.807) is 6.92 Å². The zero-order valence-corrected chi connectivity index (χ0v) is 68.5. The van der Waals surface area contributed by atoms with E-state index < -0.39 is 0 Å². The van der Waals surface area contributed by atoms with E-state index >= 15 is 0 Å². The molecule has 0 amide bonds. The van der Waals surface area contributed by atoms with E-state index in [9.17, 15) is 4.79 Å². The Morgan fingerprint density at radius 3 is 0.676 bits per heavy atom. The summed E-state index contributed by atoms with van der Waals surface area (Å²) < 4.78 is 0. The van der Waals surface area contributed by atoms with Crippen LogP contribution in [0, 0.1) is 71.0 Å². The van der Waals surface area contributed by atoms with Crippen molar-refractivity contribution in [3.05, 3.63) is 142 Å². The van der Waals surface area contributed by atoms with Gasteiger partial charge in [-0.15, -0.1) is 0 Å². The van der Waals surface area contributed by atoms with Crippen molar-refractivity contribution in [1.82, 2.24) is 0 Å². The Kier molecular flexibility index (Phi) is 23.1. The van der Waals surface area contributed by atoms with Gasteiger partial charge in [-0.2, -0.15) is 0 Å². The molecule has 0 radical (unpaired) electrons. The number of carbonyl (C=O) groups excluding carboxylic acids is 1. The molecule has 5 atom stereocenters. The lowest BCUT2D eigenvalue weighted by atomic mass is 9.72. The number of aryl methyl sites for hydroxylation is 5. The molecule has 0 aliphatic heterocycles. The number of hydrogen-bond acceptors (Lipinski definition) is 2. The van der Waals surface area contributed by atoms with Crippen molar-refractivity contribution in [1.29, 1.82) is 0 Å². The van der Waals surface area contributed by atoms with Crippen molar-refractivity contribution in [3.63, 3.8) is 0 Å². The lowest BCUT2D eigenvalue weighted by molar-refractivity contribution is -0.109. The number of thioether (sulfide) groups is 1. The van der Waals surface area contributed by atoms with Crippen LogP contribution in [0.5, 0.6) is 0 Å². The summed E-state index contributed by atoms with van der Waals surface area (Å²) in [6.45, 7) is 38.3. The highest BCUT2D eigenvalue weighted by atomic mass is 32.2. The van der Waals surface area contributed by atoms with Crippen LogP contribution in [0.15, 0.2) is 97.1 Å². The van der Waals surface area contributed by atoms with Crippen LogP contribution < -0.4 is 0 Å². The first-order valence-corrected chi connectivity index (χ1v) is 43.6. The van der Waals surface area contributed by atoms with Crippen LogP contribution in [0.4, 0.5) is 0 Å². The molecule has 1 nitrogen and oxygen atoms in total. The third-order valence-corrected chi connectivity index (χ3v) is 26.5. The molecule has 2 heteroatoms. The van der Waals surface area contributed by atoms with Crippen LogP contribution in [0.2, 0.25) is 0 Å². The van der Waals surface area contributed by atoms with Crippen molar-refractivity contribution in [2.75, 3.05) is 0 Å². The van der Waals surface area contributed by atoms with Crippen LogP contribution in [0.3, 0.4) is 0 Å². The number of rotatable bonds is 37. The van der Waals surface area contributed by atoms with Gasteiger partial charge < -0.3 is 0 Å². The first-order chi connectivity index (χ1) is 50.5. The van der Waals surface area contributed by atoms with Crippen molar-refractivity contribution >= 4 is 146 Å². The van der Waals surface area contributed by atoms with E-state index in [4.69, 9.17) is 0 Å². The fraction of sp³-hybridized carbons (Fsp3) is 0.505. The second kappa shape index (κ2) is 32.3. The molecule has 0 saturated carbocycles.